The van der Waals surface area contributed by atoms with Gasteiger partial charge in [-0.1, -0.05) is 12.1 Å². The molecule has 0 unspecified atom stereocenters. The summed E-state index contributed by atoms with van der Waals surface area (Å²) in [5.74, 6) is 1.30. The first kappa shape index (κ1) is 19.2. The minimum absolute atomic E-state index is 0.306. The molecule has 0 atom stereocenters. The number of rotatable bonds is 6. The van der Waals surface area contributed by atoms with Gasteiger partial charge in [-0.15, -0.1) is 0 Å². The molecule has 1 aliphatic rings. The molecule has 6 heteroatoms. The van der Waals surface area contributed by atoms with Crippen molar-refractivity contribution < 1.29 is 14.3 Å². The maximum absolute atomic E-state index is 12.2. The molecule has 0 bridgehead atoms. The summed E-state index contributed by atoms with van der Waals surface area (Å²) >= 11 is 0. The van der Waals surface area contributed by atoms with Crippen molar-refractivity contribution in [2.75, 3.05) is 44.8 Å². The SMILES string of the molecule is CCOC(=O)c1cccnc1N1CCCN(Cc2ccc(OC)cc2)CC1. The zero-order valence-electron chi connectivity index (χ0n) is 16.1. The van der Waals surface area contributed by atoms with E-state index >= 15 is 0 Å². The number of carbonyl (C=O) groups excluding carboxylic acids is 1. The van der Waals surface area contributed by atoms with Gasteiger partial charge in [0.2, 0.25) is 0 Å². The predicted octanol–water partition coefficient (Wildman–Crippen LogP) is 2.98. The van der Waals surface area contributed by atoms with Crippen molar-refractivity contribution in [3.8, 4) is 5.75 Å². The maximum atomic E-state index is 12.2. The fourth-order valence-electron chi connectivity index (χ4n) is 3.35. The number of pyridine rings is 1. The van der Waals surface area contributed by atoms with E-state index in [9.17, 15) is 4.79 Å². The fourth-order valence-corrected chi connectivity index (χ4v) is 3.35. The van der Waals surface area contributed by atoms with Crippen LogP contribution < -0.4 is 9.64 Å². The van der Waals surface area contributed by atoms with Gasteiger partial charge in [0.1, 0.15) is 17.1 Å². The van der Waals surface area contributed by atoms with E-state index in [2.05, 4.69) is 26.9 Å². The highest BCUT2D eigenvalue weighted by Gasteiger charge is 2.21. The lowest BCUT2D eigenvalue weighted by atomic mass is 10.2. The average molecular weight is 369 g/mol. The molecule has 1 aromatic heterocycles. The van der Waals surface area contributed by atoms with Gasteiger partial charge >= 0.3 is 5.97 Å². The van der Waals surface area contributed by atoms with Crippen LogP contribution in [0.3, 0.4) is 0 Å². The van der Waals surface area contributed by atoms with E-state index in [1.807, 2.05) is 19.1 Å². The summed E-state index contributed by atoms with van der Waals surface area (Å²) in [6.07, 6.45) is 2.76. The first-order valence-corrected chi connectivity index (χ1v) is 9.43. The van der Waals surface area contributed by atoms with Gasteiger partial charge in [-0.2, -0.15) is 0 Å². The Labute approximate surface area is 160 Å². The molecule has 1 aromatic carbocycles. The van der Waals surface area contributed by atoms with Gasteiger partial charge in [0.15, 0.2) is 0 Å². The van der Waals surface area contributed by atoms with Crippen molar-refractivity contribution in [2.45, 2.75) is 19.9 Å². The molecule has 1 aliphatic heterocycles. The standard InChI is InChI=1S/C21H27N3O3/c1-3-27-21(25)19-6-4-11-22-20(19)24-13-5-12-23(14-15-24)16-17-7-9-18(26-2)10-8-17/h4,6-11H,3,5,12-16H2,1-2H3. The second-order valence-electron chi connectivity index (χ2n) is 6.56. The largest absolute Gasteiger partial charge is 0.497 e. The van der Waals surface area contributed by atoms with Gasteiger partial charge in [0.25, 0.3) is 0 Å². The van der Waals surface area contributed by atoms with Gasteiger partial charge in [-0.05, 0) is 43.2 Å². The van der Waals surface area contributed by atoms with E-state index < -0.39 is 0 Å². The van der Waals surface area contributed by atoms with Crippen LogP contribution in [0.2, 0.25) is 0 Å². The third-order valence-corrected chi connectivity index (χ3v) is 4.74. The predicted molar refractivity (Wildman–Crippen MR) is 105 cm³/mol. The van der Waals surface area contributed by atoms with Crippen molar-refractivity contribution in [3.05, 3.63) is 53.7 Å². The Morgan fingerprint density at radius 1 is 1.11 bits per heavy atom. The zero-order chi connectivity index (χ0) is 19.1. The van der Waals surface area contributed by atoms with Crippen LogP contribution in [-0.4, -0.2) is 55.7 Å². The third kappa shape index (κ3) is 4.98. The molecule has 6 nitrogen and oxygen atoms in total. The number of aromatic nitrogens is 1. The highest BCUT2D eigenvalue weighted by atomic mass is 16.5. The molecule has 144 valence electrons. The van der Waals surface area contributed by atoms with Crippen molar-refractivity contribution in [2.24, 2.45) is 0 Å². The Morgan fingerprint density at radius 2 is 1.93 bits per heavy atom. The van der Waals surface area contributed by atoms with Crippen molar-refractivity contribution >= 4 is 11.8 Å². The molecular formula is C21H27N3O3. The van der Waals surface area contributed by atoms with Crippen LogP contribution in [0.4, 0.5) is 5.82 Å². The number of nitrogens with zero attached hydrogens (tertiary/aromatic N) is 3. The molecule has 27 heavy (non-hydrogen) atoms. The molecular weight excluding hydrogens is 342 g/mol. The number of methoxy groups -OCH3 is 1. The normalized spacial score (nSPS) is 15.3. The number of ether oxygens (including phenoxy) is 2. The van der Waals surface area contributed by atoms with Crippen LogP contribution in [0.1, 0.15) is 29.3 Å². The monoisotopic (exact) mass is 369 g/mol. The number of benzene rings is 1. The van der Waals surface area contributed by atoms with Crippen molar-refractivity contribution in [1.29, 1.82) is 0 Å². The molecule has 0 spiro atoms. The highest BCUT2D eigenvalue weighted by molar-refractivity contribution is 5.94. The summed E-state index contributed by atoms with van der Waals surface area (Å²) < 4.78 is 10.4. The van der Waals surface area contributed by atoms with Crippen LogP contribution in [0, 0.1) is 0 Å². The summed E-state index contributed by atoms with van der Waals surface area (Å²) in [5, 5.41) is 0. The second kappa shape index (κ2) is 9.37. The van der Waals surface area contributed by atoms with Gasteiger partial charge in [-0.3, -0.25) is 4.90 Å². The van der Waals surface area contributed by atoms with E-state index in [4.69, 9.17) is 9.47 Å². The van der Waals surface area contributed by atoms with Gasteiger partial charge in [-0.25, -0.2) is 9.78 Å². The Morgan fingerprint density at radius 3 is 2.67 bits per heavy atom. The molecule has 0 amide bonds. The summed E-state index contributed by atoms with van der Waals surface area (Å²) in [4.78, 5) is 21.3. The fraction of sp³-hybridized carbons (Fsp3) is 0.429. The lowest BCUT2D eigenvalue weighted by Gasteiger charge is -2.24. The van der Waals surface area contributed by atoms with Crippen molar-refractivity contribution in [1.82, 2.24) is 9.88 Å². The van der Waals surface area contributed by atoms with Crippen LogP contribution in [0.15, 0.2) is 42.6 Å². The van der Waals surface area contributed by atoms with Gasteiger partial charge < -0.3 is 14.4 Å². The third-order valence-electron chi connectivity index (χ3n) is 4.74. The number of hydrogen-bond acceptors (Lipinski definition) is 6. The summed E-state index contributed by atoms with van der Waals surface area (Å²) in [6, 6.07) is 11.8. The minimum Gasteiger partial charge on any atom is -0.497 e. The van der Waals surface area contributed by atoms with E-state index in [-0.39, 0.29) is 5.97 Å². The van der Waals surface area contributed by atoms with Gasteiger partial charge in [0, 0.05) is 38.9 Å². The van der Waals surface area contributed by atoms with Crippen LogP contribution in [0.25, 0.3) is 0 Å². The number of carbonyl (C=O) groups is 1. The lowest BCUT2D eigenvalue weighted by Crippen LogP contribution is -2.32. The smallest absolute Gasteiger partial charge is 0.341 e. The lowest BCUT2D eigenvalue weighted by molar-refractivity contribution is 0.0526. The van der Waals surface area contributed by atoms with Crippen LogP contribution >= 0.6 is 0 Å². The first-order chi connectivity index (χ1) is 13.2. The van der Waals surface area contributed by atoms with E-state index in [0.29, 0.717) is 12.2 Å². The molecule has 2 aromatic rings. The minimum atomic E-state index is -0.306. The summed E-state index contributed by atoms with van der Waals surface area (Å²) in [7, 11) is 1.68. The Hall–Kier alpha value is -2.60. The van der Waals surface area contributed by atoms with Crippen molar-refractivity contribution in [3.63, 3.8) is 0 Å². The highest BCUT2D eigenvalue weighted by Crippen LogP contribution is 2.21. The molecule has 0 N–H and O–H groups in total. The molecule has 2 heterocycles. The second-order valence-corrected chi connectivity index (χ2v) is 6.56. The summed E-state index contributed by atoms with van der Waals surface area (Å²) in [5.41, 5.74) is 1.82. The zero-order valence-corrected chi connectivity index (χ0v) is 16.1. The first-order valence-electron chi connectivity index (χ1n) is 9.43. The molecule has 1 saturated heterocycles. The maximum Gasteiger partial charge on any atom is 0.341 e. The molecule has 0 aliphatic carbocycles. The Balaban J connectivity index is 1.65. The summed E-state index contributed by atoms with van der Waals surface area (Å²) in [6.45, 7) is 6.74. The van der Waals surface area contributed by atoms with E-state index in [1.54, 1.807) is 25.4 Å². The van der Waals surface area contributed by atoms with Crippen LogP contribution in [-0.2, 0) is 11.3 Å². The topological polar surface area (TPSA) is 54.9 Å². The number of esters is 1. The Kier molecular flexibility index (Phi) is 6.65. The number of anilines is 1. The van der Waals surface area contributed by atoms with Crippen LogP contribution in [0.5, 0.6) is 5.75 Å². The molecule has 0 radical (unpaired) electrons. The van der Waals surface area contributed by atoms with E-state index in [1.165, 1.54) is 5.56 Å². The molecule has 1 fully saturated rings. The van der Waals surface area contributed by atoms with Gasteiger partial charge in [0.05, 0.1) is 13.7 Å². The molecule has 0 saturated carbocycles. The average Bonchev–Trinajstić information content (AvgIpc) is 2.94. The van der Waals surface area contributed by atoms with E-state index in [0.717, 1.165) is 50.7 Å². The number of hydrogen-bond donors (Lipinski definition) is 0. The molecule has 3 rings (SSSR count). The Bertz CT molecular complexity index is 749. The quantitative estimate of drug-likeness (QED) is 0.730.